The van der Waals surface area contributed by atoms with Gasteiger partial charge in [0.25, 0.3) is 5.91 Å². The Morgan fingerprint density at radius 1 is 1.17 bits per heavy atom. The smallest absolute Gasteiger partial charge is 0.257 e. The molecule has 0 unspecified atom stereocenters. The van der Waals surface area contributed by atoms with E-state index in [0.717, 1.165) is 10.2 Å². The minimum Gasteiger partial charge on any atom is -0.491 e. The average molecular weight is 393 g/mol. The number of para-hydroxylation sites is 1. The van der Waals surface area contributed by atoms with Crippen LogP contribution < -0.4 is 15.4 Å². The van der Waals surface area contributed by atoms with Crippen LogP contribution in [0.15, 0.2) is 53.0 Å². The fourth-order valence-corrected chi connectivity index (χ4v) is 2.46. The molecular formula is C17H17BrN2O2S. The maximum absolute atomic E-state index is 12.3. The minimum atomic E-state index is -0.288. The summed E-state index contributed by atoms with van der Waals surface area (Å²) in [6.45, 7) is 3.87. The van der Waals surface area contributed by atoms with Gasteiger partial charge in [-0.3, -0.25) is 10.1 Å². The molecule has 120 valence electrons. The van der Waals surface area contributed by atoms with Crippen molar-refractivity contribution in [1.82, 2.24) is 5.32 Å². The van der Waals surface area contributed by atoms with E-state index in [9.17, 15) is 4.79 Å². The summed E-state index contributed by atoms with van der Waals surface area (Å²) in [7, 11) is 0. The average Bonchev–Trinajstić information content (AvgIpc) is 2.49. The van der Waals surface area contributed by atoms with Gasteiger partial charge in [0, 0.05) is 10.0 Å². The van der Waals surface area contributed by atoms with Gasteiger partial charge in [-0.1, -0.05) is 18.2 Å². The number of thiocarbonyl (C=S) groups is 1. The molecule has 2 N–H and O–H groups in total. The van der Waals surface area contributed by atoms with Crippen LogP contribution in [0.5, 0.6) is 5.75 Å². The van der Waals surface area contributed by atoms with Crippen LogP contribution in [0.4, 0.5) is 5.69 Å². The molecule has 0 saturated carbocycles. The molecule has 0 fully saturated rings. The highest BCUT2D eigenvalue weighted by molar-refractivity contribution is 9.10. The molecule has 0 aromatic heterocycles. The number of carbonyl (C=O) groups excluding carboxylic acids is 1. The van der Waals surface area contributed by atoms with Gasteiger partial charge in [-0.15, -0.1) is 0 Å². The Hall–Kier alpha value is -1.92. The Labute approximate surface area is 149 Å². The summed E-state index contributed by atoms with van der Waals surface area (Å²) < 4.78 is 6.45. The lowest BCUT2D eigenvalue weighted by atomic mass is 10.2. The molecule has 0 saturated heterocycles. The lowest BCUT2D eigenvalue weighted by molar-refractivity contribution is 0.0977. The zero-order valence-electron chi connectivity index (χ0n) is 12.8. The fraction of sp³-hybridized carbons (Fsp3) is 0.176. The molecule has 2 aromatic carbocycles. The monoisotopic (exact) mass is 392 g/mol. The molecule has 0 atom stereocenters. The third-order valence-corrected chi connectivity index (χ3v) is 3.71. The first kappa shape index (κ1) is 17.4. The highest BCUT2D eigenvalue weighted by Gasteiger charge is 2.10. The second-order valence-electron chi connectivity index (χ2n) is 5.08. The van der Waals surface area contributed by atoms with Crippen molar-refractivity contribution in [2.45, 2.75) is 20.0 Å². The van der Waals surface area contributed by atoms with Crippen molar-refractivity contribution in [2.75, 3.05) is 5.32 Å². The van der Waals surface area contributed by atoms with Gasteiger partial charge in [-0.05, 0) is 72.3 Å². The Balaban J connectivity index is 2.01. The first-order valence-electron chi connectivity index (χ1n) is 7.09. The second kappa shape index (κ2) is 8.08. The molecule has 1 amide bonds. The van der Waals surface area contributed by atoms with Crippen LogP contribution in [0.25, 0.3) is 0 Å². The molecule has 0 radical (unpaired) electrons. The molecule has 6 heteroatoms. The third-order valence-electron chi connectivity index (χ3n) is 2.82. The number of rotatable bonds is 4. The molecule has 0 spiro atoms. The van der Waals surface area contributed by atoms with E-state index in [1.54, 1.807) is 18.2 Å². The predicted molar refractivity (Wildman–Crippen MR) is 100 cm³/mol. The molecule has 0 bridgehead atoms. The number of halogens is 1. The van der Waals surface area contributed by atoms with Crippen molar-refractivity contribution in [3.63, 3.8) is 0 Å². The molecule has 0 aliphatic carbocycles. The Morgan fingerprint density at radius 2 is 1.91 bits per heavy atom. The summed E-state index contributed by atoms with van der Waals surface area (Å²) in [6.07, 6.45) is 0.0477. The maximum Gasteiger partial charge on any atom is 0.257 e. The second-order valence-corrected chi connectivity index (χ2v) is 6.35. The fourth-order valence-electron chi connectivity index (χ4n) is 1.87. The van der Waals surface area contributed by atoms with E-state index in [2.05, 4.69) is 26.6 Å². The van der Waals surface area contributed by atoms with E-state index in [0.29, 0.717) is 11.3 Å². The van der Waals surface area contributed by atoms with Gasteiger partial charge >= 0.3 is 0 Å². The Kier molecular flexibility index (Phi) is 6.12. The standard InChI is InChI=1S/C17H17BrN2O2S/c1-11(2)22-13-7-5-6-12(10-13)16(21)20-17(23)19-15-9-4-3-8-14(15)18/h3-11H,1-2H3,(H2,19,20,21,23). The number of hydrogen-bond donors (Lipinski definition) is 2. The van der Waals surface area contributed by atoms with Crippen molar-refractivity contribution in [3.8, 4) is 5.75 Å². The van der Waals surface area contributed by atoms with E-state index in [-0.39, 0.29) is 17.1 Å². The summed E-state index contributed by atoms with van der Waals surface area (Å²) in [5.41, 5.74) is 1.27. The Bertz CT molecular complexity index is 719. The number of hydrogen-bond acceptors (Lipinski definition) is 3. The van der Waals surface area contributed by atoms with E-state index in [4.69, 9.17) is 17.0 Å². The molecule has 23 heavy (non-hydrogen) atoms. The maximum atomic E-state index is 12.3. The number of amides is 1. The number of nitrogens with one attached hydrogen (secondary N) is 2. The molecule has 0 aliphatic heterocycles. The molecule has 2 aromatic rings. The van der Waals surface area contributed by atoms with Crippen LogP contribution in [0.1, 0.15) is 24.2 Å². The zero-order chi connectivity index (χ0) is 16.8. The van der Waals surface area contributed by atoms with Crippen molar-refractivity contribution in [2.24, 2.45) is 0 Å². The van der Waals surface area contributed by atoms with Gasteiger partial charge in [-0.2, -0.15) is 0 Å². The quantitative estimate of drug-likeness (QED) is 0.758. The van der Waals surface area contributed by atoms with E-state index in [1.165, 1.54) is 0 Å². The lowest BCUT2D eigenvalue weighted by Gasteiger charge is -2.12. The Morgan fingerprint density at radius 3 is 2.61 bits per heavy atom. The van der Waals surface area contributed by atoms with E-state index in [1.807, 2.05) is 44.2 Å². The summed E-state index contributed by atoms with van der Waals surface area (Å²) in [5.74, 6) is 0.362. The minimum absolute atomic E-state index is 0.0477. The van der Waals surface area contributed by atoms with Gasteiger partial charge in [0.1, 0.15) is 5.75 Å². The SMILES string of the molecule is CC(C)Oc1cccc(C(=O)NC(=S)Nc2ccccc2Br)c1. The van der Waals surface area contributed by atoms with Crippen molar-refractivity contribution >= 4 is 44.9 Å². The van der Waals surface area contributed by atoms with Crippen molar-refractivity contribution < 1.29 is 9.53 Å². The largest absolute Gasteiger partial charge is 0.491 e. The van der Waals surface area contributed by atoms with Crippen LogP contribution in [0, 0.1) is 0 Å². The lowest BCUT2D eigenvalue weighted by Crippen LogP contribution is -2.34. The first-order chi connectivity index (χ1) is 11.0. The highest BCUT2D eigenvalue weighted by Crippen LogP contribution is 2.21. The van der Waals surface area contributed by atoms with Crippen LogP contribution in [0.3, 0.4) is 0 Å². The summed E-state index contributed by atoms with van der Waals surface area (Å²) >= 11 is 8.60. The van der Waals surface area contributed by atoms with E-state index < -0.39 is 0 Å². The van der Waals surface area contributed by atoms with Gasteiger partial charge in [0.05, 0.1) is 11.8 Å². The third kappa shape index (κ3) is 5.33. The van der Waals surface area contributed by atoms with E-state index >= 15 is 0 Å². The van der Waals surface area contributed by atoms with Crippen LogP contribution in [0.2, 0.25) is 0 Å². The van der Waals surface area contributed by atoms with Gasteiger partial charge in [0.15, 0.2) is 5.11 Å². The molecule has 0 heterocycles. The number of anilines is 1. The van der Waals surface area contributed by atoms with Crippen molar-refractivity contribution in [3.05, 3.63) is 58.6 Å². The summed E-state index contributed by atoms with van der Waals surface area (Å²) in [4.78, 5) is 12.3. The number of benzene rings is 2. The van der Waals surface area contributed by atoms with Gasteiger partial charge in [-0.25, -0.2) is 0 Å². The van der Waals surface area contributed by atoms with Crippen LogP contribution in [-0.2, 0) is 0 Å². The first-order valence-corrected chi connectivity index (χ1v) is 8.29. The van der Waals surface area contributed by atoms with Crippen molar-refractivity contribution in [1.29, 1.82) is 0 Å². The van der Waals surface area contributed by atoms with Gasteiger partial charge in [0.2, 0.25) is 0 Å². The molecule has 0 aliphatic rings. The summed E-state index contributed by atoms with van der Waals surface area (Å²) in [5, 5.41) is 5.87. The van der Waals surface area contributed by atoms with Gasteiger partial charge < -0.3 is 10.1 Å². The van der Waals surface area contributed by atoms with Crippen LogP contribution >= 0.6 is 28.1 Å². The summed E-state index contributed by atoms with van der Waals surface area (Å²) in [6, 6.07) is 14.5. The topological polar surface area (TPSA) is 50.4 Å². The molecular weight excluding hydrogens is 376 g/mol. The molecule has 2 rings (SSSR count). The number of ether oxygens (including phenoxy) is 1. The van der Waals surface area contributed by atoms with Crippen LogP contribution in [-0.4, -0.2) is 17.1 Å². The predicted octanol–water partition coefficient (Wildman–Crippen LogP) is 4.36. The normalized spacial score (nSPS) is 10.3. The molecule has 4 nitrogen and oxygen atoms in total. The number of carbonyl (C=O) groups is 1. The highest BCUT2D eigenvalue weighted by atomic mass is 79.9. The zero-order valence-corrected chi connectivity index (χ0v) is 15.2.